The average Bonchev–Trinajstić information content (AvgIpc) is 2.22. The molecule has 4 aliphatic carbocycles. The van der Waals surface area contributed by atoms with E-state index in [0.29, 0.717) is 0 Å². The van der Waals surface area contributed by atoms with Crippen LogP contribution in [0.4, 0.5) is 0 Å². The van der Waals surface area contributed by atoms with Gasteiger partial charge in [-0.05, 0) is 0 Å². The third kappa shape index (κ3) is 4.94. The first-order valence-corrected chi connectivity index (χ1v) is 6.57. The molecule has 4 fully saturated rings. The summed E-state index contributed by atoms with van der Waals surface area (Å²) in [5.74, 6) is 6.00. The minimum absolute atomic E-state index is 0. The second-order valence-corrected chi connectivity index (χ2v) is 4.46. The summed E-state index contributed by atoms with van der Waals surface area (Å²) in [6.07, 6.45) is 9.00. The minimum Gasteiger partial charge on any atom is -0.342 e. The van der Waals surface area contributed by atoms with Gasteiger partial charge in [0.1, 0.15) is 0 Å². The van der Waals surface area contributed by atoms with Gasteiger partial charge in [0.05, 0.1) is 0 Å². The zero-order valence-corrected chi connectivity index (χ0v) is 17.1. The largest absolute Gasteiger partial charge is 0.342 e. The minimum atomic E-state index is 0. The molecule has 0 aliphatic heterocycles. The monoisotopic (exact) mass is 562 g/mol. The predicted octanol–water partition coefficient (Wildman–Crippen LogP) is 4.80. The predicted molar refractivity (Wildman–Crippen MR) is 63.9 cm³/mol. The summed E-state index contributed by atoms with van der Waals surface area (Å²) in [4.78, 5) is 0. The van der Waals surface area contributed by atoms with Gasteiger partial charge in [-0.25, -0.2) is 0 Å². The molecule has 0 nitrogen and oxygen atoms in total. The third-order valence-electron chi connectivity index (χ3n) is 3.48. The van der Waals surface area contributed by atoms with E-state index in [2.05, 4.69) is 0 Å². The summed E-state index contributed by atoms with van der Waals surface area (Å²) < 4.78 is 0. The maximum atomic E-state index is 2.00. The molecule has 4 aliphatic rings. The van der Waals surface area contributed by atoms with Crippen molar-refractivity contribution in [2.24, 2.45) is 11.8 Å². The van der Waals surface area contributed by atoms with Crippen LogP contribution in [-0.4, -0.2) is 0 Å². The molecule has 0 saturated heterocycles. The van der Waals surface area contributed by atoms with E-state index in [1.807, 2.05) is 39.5 Å². The summed E-state index contributed by atoms with van der Waals surface area (Å²) in [5, 5.41) is 0. The molecule has 0 atom stereocenters. The first-order valence-electron chi connectivity index (χ1n) is 6.57. The van der Waals surface area contributed by atoms with E-state index in [1.165, 1.54) is 32.1 Å². The standard InChI is InChI=1S/C10H14.2C2H6.2W/c1-7-2-9-4-8(1)5-10(3-7)6-9;2*1-2;;/h7-8H,1-6H2;2*1-2H3;;/q-2;;;;. The third-order valence-corrected chi connectivity index (χ3v) is 3.48. The molecule has 4 rings (SSSR count). The van der Waals surface area contributed by atoms with E-state index in [1.54, 1.807) is 6.42 Å². The van der Waals surface area contributed by atoms with E-state index in [-0.39, 0.29) is 42.1 Å². The number of hydrogen-bond acceptors (Lipinski definition) is 0. The van der Waals surface area contributed by atoms with Crippen LogP contribution in [0.3, 0.4) is 0 Å². The van der Waals surface area contributed by atoms with E-state index in [9.17, 15) is 0 Å². The van der Waals surface area contributed by atoms with E-state index in [0.717, 1.165) is 11.8 Å². The quantitative estimate of drug-likeness (QED) is 0.373. The zero-order chi connectivity index (χ0) is 10.6. The van der Waals surface area contributed by atoms with Crippen LogP contribution in [-0.2, 0) is 42.1 Å². The van der Waals surface area contributed by atoms with Crippen molar-refractivity contribution in [3.05, 3.63) is 11.8 Å². The topological polar surface area (TPSA) is 0 Å². The summed E-state index contributed by atoms with van der Waals surface area (Å²) in [5.41, 5.74) is 0. The van der Waals surface area contributed by atoms with Gasteiger partial charge in [-0.2, -0.15) is 25.7 Å². The Morgan fingerprint density at radius 3 is 1.25 bits per heavy atom. The van der Waals surface area contributed by atoms with Crippen molar-refractivity contribution in [2.75, 3.05) is 0 Å². The van der Waals surface area contributed by atoms with Gasteiger partial charge in [-0.15, -0.1) is 0 Å². The summed E-state index contributed by atoms with van der Waals surface area (Å²) in [6.45, 7) is 8.00. The molecule has 0 radical (unpaired) electrons. The van der Waals surface area contributed by atoms with Gasteiger partial charge in [0, 0.05) is 42.1 Å². The van der Waals surface area contributed by atoms with Crippen molar-refractivity contribution in [3.63, 3.8) is 0 Å². The van der Waals surface area contributed by atoms with Gasteiger partial charge in [0.25, 0.3) is 0 Å². The van der Waals surface area contributed by atoms with Crippen molar-refractivity contribution in [3.8, 4) is 0 Å². The Morgan fingerprint density at radius 1 is 0.688 bits per heavy atom. The van der Waals surface area contributed by atoms with Gasteiger partial charge in [-0.1, -0.05) is 46.0 Å². The fraction of sp³-hybridized carbons (Fsp3) is 0.857. The molecular weight excluding hydrogens is 536 g/mol. The Hall–Kier alpha value is 1.38. The van der Waals surface area contributed by atoms with Crippen LogP contribution in [0.15, 0.2) is 0 Å². The Kier molecular flexibility index (Phi) is 12.7. The zero-order valence-electron chi connectivity index (χ0n) is 11.2. The molecule has 16 heavy (non-hydrogen) atoms. The van der Waals surface area contributed by atoms with E-state index in [4.69, 9.17) is 0 Å². The Balaban J connectivity index is 0. The van der Waals surface area contributed by atoms with Crippen LogP contribution in [0.5, 0.6) is 0 Å². The molecule has 0 aromatic heterocycles. The molecule has 0 heterocycles. The average molecular weight is 562 g/mol. The van der Waals surface area contributed by atoms with Crippen LogP contribution >= 0.6 is 0 Å². The summed E-state index contributed by atoms with van der Waals surface area (Å²) >= 11 is 0. The molecular formula is C14H26W2-2. The molecule has 4 bridgehead atoms. The van der Waals surface area contributed by atoms with Crippen LogP contribution in [0.1, 0.15) is 66.2 Å². The fourth-order valence-corrected chi connectivity index (χ4v) is 3.39. The number of rotatable bonds is 0. The maximum Gasteiger partial charge on any atom is 0 e. The van der Waals surface area contributed by atoms with E-state index < -0.39 is 0 Å². The molecule has 0 spiro atoms. The second-order valence-electron chi connectivity index (χ2n) is 4.46. The van der Waals surface area contributed by atoms with Gasteiger partial charge >= 0.3 is 0 Å². The molecule has 0 aromatic rings. The molecule has 0 N–H and O–H groups in total. The molecule has 0 amide bonds. The summed E-state index contributed by atoms with van der Waals surface area (Å²) in [6, 6.07) is 0. The molecule has 96 valence electrons. The van der Waals surface area contributed by atoms with Gasteiger partial charge in [0.15, 0.2) is 0 Å². The normalized spacial score (nSPS) is 30.0. The van der Waals surface area contributed by atoms with Gasteiger partial charge in [-0.3, -0.25) is 0 Å². The van der Waals surface area contributed by atoms with Crippen molar-refractivity contribution in [1.82, 2.24) is 0 Å². The molecule has 0 aromatic carbocycles. The first-order chi connectivity index (χ1) is 6.90. The first kappa shape index (κ1) is 19.7. The molecule has 0 unspecified atom stereocenters. The van der Waals surface area contributed by atoms with Gasteiger partial charge in [0.2, 0.25) is 0 Å². The van der Waals surface area contributed by atoms with E-state index >= 15 is 0 Å². The van der Waals surface area contributed by atoms with Gasteiger partial charge < -0.3 is 18.3 Å². The molecule has 2 heteroatoms. The second kappa shape index (κ2) is 10.3. The maximum absolute atomic E-state index is 2.00. The van der Waals surface area contributed by atoms with Crippen molar-refractivity contribution < 1.29 is 42.1 Å². The van der Waals surface area contributed by atoms with Crippen molar-refractivity contribution in [2.45, 2.75) is 66.2 Å². The van der Waals surface area contributed by atoms with Crippen LogP contribution in [0.2, 0.25) is 0 Å². The molecule has 4 saturated carbocycles. The Labute approximate surface area is 131 Å². The van der Waals surface area contributed by atoms with Crippen molar-refractivity contribution >= 4 is 0 Å². The SMILES string of the molecule is C1[C-]2CC3C[C-]1CC(C2)C3.CC.CC.[W].[W]. The smallest absolute Gasteiger partial charge is 0 e. The summed E-state index contributed by atoms with van der Waals surface area (Å²) in [7, 11) is 0. The Bertz CT molecular complexity index is 100. The van der Waals surface area contributed by atoms with Crippen molar-refractivity contribution in [1.29, 1.82) is 0 Å². The number of hydrogen-bond donors (Lipinski definition) is 0. The Morgan fingerprint density at radius 2 is 1.00 bits per heavy atom. The van der Waals surface area contributed by atoms with Crippen LogP contribution < -0.4 is 0 Å². The van der Waals surface area contributed by atoms with Crippen LogP contribution in [0.25, 0.3) is 0 Å². The fourth-order valence-electron chi connectivity index (χ4n) is 3.39. The van der Waals surface area contributed by atoms with Crippen LogP contribution in [0, 0.1) is 23.7 Å².